The number of hydrogen-bond acceptors (Lipinski definition) is 4. The zero-order chi connectivity index (χ0) is 15.0. The van der Waals surface area contributed by atoms with Gasteiger partial charge < -0.3 is 0 Å². The van der Waals surface area contributed by atoms with E-state index < -0.39 is 4.92 Å². The molecule has 0 radical (unpaired) electrons. The van der Waals surface area contributed by atoms with Crippen LogP contribution in [0.3, 0.4) is 0 Å². The predicted molar refractivity (Wildman–Crippen MR) is 74.7 cm³/mol. The van der Waals surface area contributed by atoms with Crippen LogP contribution in [0.4, 0.5) is 5.69 Å². The molecule has 104 valence electrons. The average Bonchev–Trinajstić information content (AvgIpc) is 2.65. The molecule has 7 heteroatoms. The first-order chi connectivity index (χ1) is 9.32. The molecule has 6 nitrogen and oxygen atoms in total. The Hall–Kier alpha value is -2.21. The van der Waals surface area contributed by atoms with Crippen LogP contribution >= 0.6 is 11.6 Å². The van der Waals surface area contributed by atoms with Crippen LogP contribution in [0, 0.1) is 24.0 Å². The molecular weight excluding hydrogens is 282 g/mol. The number of ketones is 1. The average molecular weight is 294 g/mol. The number of hydrogen-bond donors (Lipinski definition) is 0. The summed E-state index contributed by atoms with van der Waals surface area (Å²) in [5, 5.41) is 15.9. The van der Waals surface area contributed by atoms with Crippen molar-refractivity contribution in [3.05, 3.63) is 50.3 Å². The third-order valence-electron chi connectivity index (χ3n) is 3.01. The molecule has 20 heavy (non-hydrogen) atoms. The number of aromatic nitrogens is 2. The summed E-state index contributed by atoms with van der Waals surface area (Å²) in [6.45, 7) is 4.81. The smallest absolute Gasteiger partial charge is 0.295 e. The monoisotopic (exact) mass is 293 g/mol. The Kier molecular flexibility index (Phi) is 3.59. The molecule has 0 bridgehead atoms. The second kappa shape index (κ2) is 5.05. The number of nitro benzene ring substituents is 1. The minimum Gasteiger partial charge on any atom is -0.295 e. The molecule has 0 N–H and O–H groups in total. The van der Waals surface area contributed by atoms with Crippen molar-refractivity contribution in [2.24, 2.45) is 0 Å². The van der Waals surface area contributed by atoms with Crippen LogP contribution in [0.25, 0.3) is 5.69 Å². The van der Waals surface area contributed by atoms with Gasteiger partial charge in [0.05, 0.1) is 21.3 Å². The van der Waals surface area contributed by atoms with Crippen LogP contribution in [0.15, 0.2) is 18.2 Å². The number of Topliss-reactive ketones (excluding diaryl/α,β-unsaturated/α-hetero) is 1. The number of nitro groups is 1. The Morgan fingerprint density at radius 3 is 2.50 bits per heavy atom. The van der Waals surface area contributed by atoms with E-state index in [1.54, 1.807) is 13.8 Å². The Morgan fingerprint density at radius 1 is 1.40 bits per heavy atom. The van der Waals surface area contributed by atoms with Gasteiger partial charge in [0.15, 0.2) is 5.78 Å². The predicted octanol–water partition coefficient (Wildman–Crippen LogP) is 3.25. The highest BCUT2D eigenvalue weighted by atomic mass is 35.5. The van der Waals surface area contributed by atoms with Gasteiger partial charge in [0.2, 0.25) is 0 Å². The summed E-state index contributed by atoms with van der Waals surface area (Å²) in [6.07, 6.45) is 0. The molecule has 1 heterocycles. The fraction of sp³-hybridized carbons (Fsp3) is 0.231. The molecule has 0 fully saturated rings. The van der Waals surface area contributed by atoms with Crippen LogP contribution in [-0.4, -0.2) is 20.5 Å². The van der Waals surface area contributed by atoms with Gasteiger partial charge in [0, 0.05) is 11.6 Å². The quantitative estimate of drug-likeness (QED) is 0.494. The summed E-state index contributed by atoms with van der Waals surface area (Å²) in [7, 11) is 0. The van der Waals surface area contributed by atoms with E-state index in [9.17, 15) is 14.9 Å². The Bertz CT molecular complexity index is 722. The molecule has 2 rings (SSSR count). The second-order valence-corrected chi connectivity index (χ2v) is 4.79. The summed E-state index contributed by atoms with van der Waals surface area (Å²) in [6, 6.07) is 4.29. The number of rotatable bonds is 3. The number of aryl methyl sites for hydroxylation is 1. The van der Waals surface area contributed by atoms with E-state index in [4.69, 9.17) is 11.6 Å². The SMILES string of the molecule is CC(=O)c1ccc(-n2nc(C)c(Cl)c2C)c([N+](=O)[O-])c1. The van der Waals surface area contributed by atoms with E-state index in [1.165, 1.54) is 29.8 Å². The van der Waals surface area contributed by atoms with Gasteiger partial charge in [-0.3, -0.25) is 14.9 Å². The van der Waals surface area contributed by atoms with Crippen molar-refractivity contribution in [1.29, 1.82) is 0 Å². The molecule has 0 aliphatic carbocycles. The molecule has 1 aromatic carbocycles. The van der Waals surface area contributed by atoms with Crippen molar-refractivity contribution in [2.45, 2.75) is 20.8 Å². The highest BCUT2D eigenvalue weighted by Crippen LogP contribution is 2.28. The number of carbonyl (C=O) groups excluding carboxylic acids is 1. The maximum atomic E-state index is 11.3. The largest absolute Gasteiger partial charge is 0.295 e. The van der Waals surface area contributed by atoms with Crippen molar-refractivity contribution < 1.29 is 9.72 Å². The van der Waals surface area contributed by atoms with E-state index >= 15 is 0 Å². The summed E-state index contributed by atoms with van der Waals surface area (Å²) in [5.41, 5.74) is 1.59. The van der Waals surface area contributed by atoms with Crippen LogP contribution in [0.2, 0.25) is 5.02 Å². The van der Waals surface area contributed by atoms with Gasteiger partial charge in [0.25, 0.3) is 5.69 Å². The van der Waals surface area contributed by atoms with Crippen molar-refractivity contribution in [2.75, 3.05) is 0 Å². The molecule has 0 atom stereocenters. The van der Waals surface area contributed by atoms with Crippen molar-refractivity contribution in [3.63, 3.8) is 0 Å². The maximum Gasteiger partial charge on any atom is 0.295 e. The van der Waals surface area contributed by atoms with Crippen LogP contribution in [0.1, 0.15) is 28.7 Å². The number of benzene rings is 1. The molecule has 0 saturated heterocycles. The van der Waals surface area contributed by atoms with Crippen LogP contribution in [0.5, 0.6) is 0 Å². The van der Waals surface area contributed by atoms with Crippen molar-refractivity contribution >= 4 is 23.1 Å². The first-order valence-corrected chi connectivity index (χ1v) is 6.22. The standard InChI is InChI=1S/C13H12ClN3O3/c1-7-13(14)8(2)16(15-7)11-5-4-10(9(3)18)6-12(11)17(19)20/h4-6H,1-3H3. The summed E-state index contributed by atoms with van der Waals surface area (Å²) < 4.78 is 1.42. The van der Waals surface area contributed by atoms with Gasteiger partial charge in [-0.1, -0.05) is 11.6 Å². The van der Waals surface area contributed by atoms with E-state index in [-0.39, 0.29) is 22.7 Å². The minimum absolute atomic E-state index is 0.181. The van der Waals surface area contributed by atoms with Gasteiger partial charge >= 0.3 is 0 Å². The molecule has 2 aromatic rings. The molecule has 0 spiro atoms. The third-order valence-corrected chi connectivity index (χ3v) is 3.56. The molecular formula is C13H12ClN3O3. The van der Waals surface area contributed by atoms with E-state index in [1.807, 2.05) is 0 Å². The Labute approximate surface area is 120 Å². The maximum absolute atomic E-state index is 11.3. The lowest BCUT2D eigenvalue weighted by Gasteiger charge is -2.06. The highest BCUT2D eigenvalue weighted by molar-refractivity contribution is 6.31. The minimum atomic E-state index is -0.536. The van der Waals surface area contributed by atoms with Crippen LogP contribution < -0.4 is 0 Å². The fourth-order valence-corrected chi connectivity index (χ4v) is 2.04. The Morgan fingerprint density at radius 2 is 2.05 bits per heavy atom. The topological polar surface area (TPSA) is 78.0 Å². The second-order valence-electron chi connectivity index (χ2n) is 4.41. The number of nitrogens with zero attached hydrogens (tertiary/aromatic N) is 3. The normalized spacial score (nSPS) is 10.6. The lowest BCUT2D eigenvalue weighted by Crippen LogP contribution is -2.05. The molecule has 0 saturated carbocycles. The zero-order valence-corrected chi connectivity index (χ0v) is 11.9. The zero-order valence-electron chi connectivity index (χ0n) is 11.2. The van der Waals surface area contributed by atoms with Gasteiger partial charge in [-0.25, -0.2) is 4.68 Å². The summed E-state index contributed by atoms with van der Waals surface area (Å²) >= 11 is 6.05. The van der Waals surface area contributed by atoms with Gasteiger partial charge in [-0.05, 0) is 32.9 Å². The Balaban J connectivity index is 2.70. The van der Waals surface area contributed by atoms with Crippen molar-refractivity contribution in [3.8, 4) is 5.69 Å². The molecule has 0 aliphatic rings. The van der Waals surface area contributed by atoms with Gasteiger partial charge in [-0.2, -0.15) is 5.10 Å². The fourth-order valence-electron chi connectivity index (χ4n) is 1.93. The van der Waals surface area contributed by atoms with E-state index in [0.29, 0.717) is 16.4 Å². The number of halogens is 1. The van der Waals surface area contributed by atoms with Gasteiger partial charge in [0.1, 0.15) is 5.69 Å². The molecule has 0 amide bonds. The summed E-state index contributed by atoms with van der Waals surface area (Å²) in [5.74, 6) is -0.231. The van der Waals surface area contributed by atoms with Crippen molar-refractivity contribution in [1.82, 2.24) is 9.78 Å². The van der Waals surface area contributed by atoms with E-state index in [0.717, 1.165) is 0 Å². The lowest BCUT2D eigenvalue weighted by atomic mass is 10.1. The molecule has 0 unspecified atom stereocenters. The van der Waals surface area contributed by atoms with Crippen LogP contribution in [-0.2, 0) is 0 Å². The van der Waals surface area contributed by atoms with Gasteiger partial charge in [-0.15, -0.1) is 0 Å². The first kappa shape index (κ1) is 14.2. The first-order valence-electron chi connectivity index (χ1n) is 5.84. The molecule has 1 aromatic heterocycles. The lowest BCUT2D eigenvalue weighted by molar-refractivity contribution is -0.384. The molecule has 0 aliphatic heterocycles. The van der Waals surface area contributed by atoms with E-state index in [2.05, 4.69) is 5.10 Å². The third kappa shape index (κ3) is 2.30. The summed E-state index contributed by atoms with van der Waals surface area (Å²) in [4.78, 5) is 22.0. The highest BCUT2D eigenvalue weighted by Gasteiger charge is 2.21. The number of carbonyl (C=O) groups is 1.